The lowest BCUT2D eigenvalue weighted by Gasteiger charge is -2.07. The number of benzene rings is 1. The Morgan fingerprint density at radius 3 is 2.92 bits per heavy atom. The topological polar surface area (TPSA) is 64.2 Å². The first-order chi connectivity index (χ1) is 11.7. The van der Waals surface area contributed by atoms with Crippen molar-refractivity contribution in [1.82, 2.24) is 19.2 Å². The van der Waals surface area contributed by atoms with Crippen LogP contribution in [0.2, 0.25) is 0 Å². The second kappa shape index (κ2) is 5.49. The van der Waals surface area contributed by atoms with Crippen LogP contribution in [0, 0.1) is 0 Å². The summed E-state index contributed by atoms with van der Waals surface area (Å²) in [5.41, 5.74) is 4.00. The van der Waals surface area contributed by atoms with Gasteiger partial charge in [-0.2, -0.15) is 5.10 Å². The average molecular weight is 319 g/mol. The number of pyridine rings is 1. The van der Waals surface area contributed by atoms with E-state index >= 15 is 0 Å². The fourth-order valence-electron chi connectivity index (χ4n) is 3.04. The second-order valence-electron chi connectivity index (χ2n) is 5.65. The van der Waals surface area contributed by atoms with Crippen molar-refractivity contribution < 1.29 is 4.79 Å². The van der Waals surface area contributed by atoms with Crippen molar-refractivity contribution in [1.29, 1.82) is 0 Å². The predicted octanol–water partition coefficient (Wildman–Crippen LogP) is 3.04. The van der Waals surface area contributed by atoms with Crippen molar-refractivity contribution in [3.8, 4) is 0 Å². The molecule has 0 aliphatic carbocycles. The molecule has 6 heteroatoms. The minimum absolute atomic E-state index is 0.188. The van der Waals surface area contributed by atoms with Gasteiger partial charge >= 0.3 is 0 Å². The fourth-order valence-corrected chi connectivity index (χ4v) is 3.04. The Morgan fingerprint density at radius 1 is 1.21 bits per heavy atom. The molecule has 3 aromatic heterocycles. The van der Waals surface area contributed by atoms with Gasteiger partial charge in [-0.05, 0) is 30.7 Å². The molecular formula is C18H17N5O. The van der Waals surface area contributed by atoms with E-state index in [2.05, 4.69) is 22.3 Å². The van der Waals surface area contributed by atoms with E-state index in [1.54, 1.807) is 10.6 Å². The SMILES string of the molecule is CCc1nn(C)c2cccc(NC(=O)c3cnc4ccccn34)c12. The van der Waals surface area contributed by atoms with E-state index in [1.165, 1.54) is 0 Å². The first-order valence-corrected chi connectivity index (χ1v) is 7.87. The molecule has 1 amide bonds. The van der Waals surface area contributed by atoms with Crippen LogP contribution in [0.1, 0.15) is 23.1 Å². The lowest BCUT2D eigenvalue weighted by molar-refractivity contribution is 0.102. The molecule has 0 saturated heterocycles. The van der Waals surface area contributed by atoms with Gasteiger partial charge in [0.1, 0.15) is 11.3 Å². The maximum atomic E-state index is 12.7. The molecule has 24 heavy (non-hydrogen) atoms. The molecule has 120 valence electrons. The summed E-state index contributed by atoms with van der Waals surface area (Å²) in [4.78, 5) is 17.0. The Morgan fingerprint density at radius 2 is 2.08 bits per heavy atom. The molecule has 0 saturated carbocycles. The van der Waals surface area contributed by atoms with E-state index < -0.39 is 0 Å². The Hall–Kier alpha value is -3.15. The number of hydrogen-bond donors (Lipinski definition) is 1. The lowest BCUT2D eigenvalue weighted by Crippen LogP contribution is -2.14. The smallest absolute Gasteiger partial charge is 0.274 e. The van der Waals surface area contributed by atoms with E-state index in [-0.39, 0.29) is 5.91 Å². The zero-order valence-corrected chi connectivity index (χ0v) is 13.5. The molecule has 0 bridgehead atoms. The number of rotatable bonds is 3. The van der Waals surface area contributed by atoms with Crippen LogP contribution >= 0.6 is 0 Å². The molecule has 1 N–H and O–H groups in total. The quantitative estimate of drug-likeness (QED) is 0.631. The summed E-state index contributed by atoms with van der Waals surface area (Å²) in [5, 5.41) is 8.54. The van der Waals surface area contributed by atoms with Crippen molar-refractivity contribution in [3.63, 3.8) is 0 Å². The molecule has 3 heterocycles. The van der Waals surface area contributed by atoms with Crippen LogP contribution < -0.4 is 5.32 Å². The van der Waals surface area contributed by atoms with Crippen LogP contribution in [-0.2, 0) is 13.5 Å². The summed E-state index contributed by atoms with van der Waals surface area (Å²) in [6, 6.07) is 11.5. The molecular weight excluding hydrogens is 302 g/mol. The van der Waals surface area contributed by atoms with Gasteiger partial charge in [0.05, 0.1) is 23.1 Å². The van der Waals surface area contributed by atoms with Crippen LogP contribution in [0.4, 0.5) is 5.69 Å². The van der Waals surface area contributed by atoms with Gasteiger partial charge in [0.15, 0.2) is 0 Å². The molecule has 0 unspecified atom stereocenters. The molecule has 0 spiro atoms. The highest BCUT2D eigenvalue weighted by Crippen LogP contribution is 2.27. The van der Waals surface area contributed by atoms with Crippen molar-refractivity contribution in [3.05, 3.63) is 60.2 Å². The first-order valence-electron chi connectivity index (χ1n) is 7.87. The third-order valence-electron chi connectivity index (χ3n) is 4.18. The molecule has 1 aromatic carbocycles. The highest BCUT2D eigenvalue weighted by Gasteiger charge is 2.16. The minimum Gasteiger partial charge on any atom is -0.320 e. The maximum Gasteiger partial charge on any atom is 0.274 e. The monoisotopic (exact) mass is 319 g/mol. The van der Waals surface area contributed by atoms with Gasteiger partial charge < -0.3 is 5.32 Å². The summed E-state index contributed by atoms with van der Waals surface area (Å²) in [7, 11) is 1.91. The molecule has 0 aliphatic rings. The summed E-state index contributed by atoms with van der Waals surface area (Å²) in [6.45, 7) is 2.06. The number of nitrogens with zero attached hydrogens (tertiary/aromatic N) is 4. The Kier molecular flexibility index (Phi) is 3.30. The Bertz CT molecular complexity index is 1060. The molecule has 0 fully saturated rings. The van der Waals surface area contributed by atoms with E-state index in [4.69, 9.17) is 0 Å². The number of aromatic nitrogens is 4. The number of carbonyl (C=O) groups is 1. The van der Waals surface area contributed by atoms with Crippen molar-refractivity contribution >= 4 is 28.1 Å². The van der Waals surface area contributed by atoms with Crippen molar-refractivity contribution in [2.24, 2.45) is 7.05 Å². The third-order valence-corrected chi connectivity index (χ3v) is 4.18. The zero-order chi connectivity index (χ0) is 16.7. The second-order valence-corrected chi connectivity index (χ2v) is 5.65. The van der Waals surface area contributed by atoms with E-state index in [1.807, 2.05) is 54.3 Å². The fraction of sp³-hybridized carbons (Fsp3) is 0.167. The summed E-state index contributed by atoms with van der Waals surface area (Å²) in [5.74, 6) is -0.188. The number of amides is 1. The standard InChI is InChI=1S/C18H17N5O/c1-3-12-17-13(7-6-8-14(17)22(2)21-12)20-18(24)15-11-19-16-9-4-5-10-23(15)16/h4-11H,3H2,1-2H3,(H,20,24). The van der Waals surface area contributed by atoms with E-state index in [0.29, 0.717) is 5.69 Å². The highest BCUT2D eigenvalue weighted by molar-refractivity contribution is 6.08. The van der Waals surface area contributed by atoms with Gasteiger partial charge in [0, 0.05) is 18.6 Å². The number of imidazole rings is 1. The number of hydrogen-bond acceptors (Lipinski definition) is 3. The number of aryl methyl sites for hydroxylation is 2. The van der Waals surface area contributed by atoms with Gasteiger partial charge in [0.2, 0.25) is 0 Å². The van der Waals surface area contributed by atoms with E-state index in [9.17, 15) is 4.79 Å². The molecule has 0 radical (unpaired) electrons. The number of anilines is 1. The van der Waals surface area contributed by atoms with Crippen LogP contribution in [-0.4, -0.2) is 25.1 Å². The predicted molar refractivity (Wildman–Crippen MR) is 93.2 cm³/mol. The third kappa shape index (κ3) is 2.15. The van der Waals surface area contributed by atoms with Gasteiger partial charge in [-0.1, -0.05) is 19.1 Å². The summed E-state index contributed by atoms with van der Waals surface area (Å²) in [6.07, 6.45) is 4.23. The van der Waals surface area contributed by atoms with Crippen LogP contribution in [0.15, 0.2) is 48.8 Å². The van der Waals surface area contributed by atoms with Gasteiger partial charge in [-0.25, -0.2) is 4.98 Å². The largest absolute Gasteiger partial charge is 0.320 e. The molecule has 4 rings (SSSR count). The number of carbonyl (C=O) groups excluding carboxylic acids is 1. The minimum atomic E-state index is -0.188. The maximum absolute atomic E-state index is 12.7. The van der Waals surface area contributed by atoms with Crippen LogP contribution in [0.25, 0.3) is 16.6 Å². The Balaban J connectivity index is 1.78. The molecule has 6 nitrogen and oxygen atoms in total. The number of fused-ring (bicyclic) bond motifs is 2. The van der Waals surface area contributed by atoms with Crippen molar-refractivity contribution in [2.45, 2.75) is 13.3 Å². The molecule has 0 atom stereocenters. The Labute approximate surface area is 138 Å². The average Bonchev–Trinajstić information content (AvgIpc) is 3.17. The van der Waals surface area contributed by atoms with Gasteiger partial charge in [-0.15, -0.1) is 0 Å². The molecule has 4 aromatic rings. The lowest BCUT2D eigenvalue weighted by atomic mass is 10.1. The van der Waals surface area contributed by atoms with Crippen LogP contribution in [0.3, 0.4) is 0 Å². The highest BCUT2D eigenvalue weighted by atomic mass is 16.1. The van der Waals surface area contributed by atoms with Gasteiger partial charge in [0.25, 0.3) is 5.91 Å². The van der Waals surface area contributed by atoms with Crippen molar-refractivity contribution in [2.75, 3.05) is 5.32 Å². The van der Waals surface area contributed by atoms with Crippen LogP contribution in [0.5, 0.6) is 0 Å². The number of nitrogens with one attached hydrogen (secondary N) is 1. The first kappa shape index (κ1) is 14.4. The molecule has 0 aliphatic heterocycles. The summed E-state index contributed by atoms with van der Waals surface area (Å²) >= 11 is 0. The summed E-state index contributed by atoms with van der Waals surface area (Å²) < 4.78 is 3.62. The van der Waals surface area contributed by atoms with E-state index in [0.717, 1.165) is 34.4 Å². The normalized spacial score (nSPS) is 11.2. The zero-order valence-electron chi connectivity index (χ0n) is 13.5. The van der Waals surface area contributed by atoms with Gasteiger partial charge in [-0.3, -0.25) is 13.9 Å².